The second kappa shape index (κ2) is 6.69. The smallest absolute Gasteiger partial charge is 0.125 e. The van der Waals surface area contributed by atoms with Crippen molar-refractivity contribution in [3.05, 3.63) is 48.0 Å². The molecule has 0 aliphatic rings. The van der Waals surface area contributed by atoms with Crippen LogP contribution in [0.25, 0.3) is 10.8 Å². The van der Waals surface area contributed by atoms with Crippen molar-refractivity contribution >= 4 is 16.6 Å². The average Bonchev–Trinajstić information content (AvgIpc) is 2.41. The van der Waals surface area contributed by atoms with Crippen molar-refractivity contribution in [2.45, 2.75) is 20.8 Å². The summed E-state index contributed by atoms with van der Waals surface area (Å²) >= 11 is 0. The molecule has 2 heteroatoms. The molecular weight excluding hydrogens is 208 g/mol. The van der Waals surface area contributed by atoms with Crippen LogP contribution in [0.3, 0.4) is 0 Å². The number of hydrogen-bond donors (Lipinski definition) is 1. The zero-order valence-corrected chi connectivity index (χ0v) is 10.8. The number of benzene rings is 2. The van der Waals surface area contributed by atoms with Gasteiger partial charge in [-0.1, -0.05) is 50.2 Å². The summed E-state index contributed by atoms with van der Waals surface area (Å²) in [5.41, 5.74) is 6.84. The van der Waals surface area contributed by atoms with E-state index in [2.05, 4.69) is 29.3 Å². The van der Waals surface area contributed by atoms with Crippen LogP contribution in [-0.4, -0.2) is 12.4 Å². The molecule has 0 aliphatic heterocycles. The molecule has 17 heavy (non-hydrogen) atoms. The first-order chi connectivity index (χ1) is 8.31. The normalized spacial score (nSPS) is 10.9. The van der Waals surface area contributed by atoms with Crippen LogP contribution in [0, 0.1) is 0 Å². The van der Waals surface area contributed by atoms with Crippen molar-refractivity contribution in [2.75, 3.05) is 6.54 Å². The highest BCUT2D eigenvalue weighted by molar-refractivity contribution is 6.00. The lowest BCUT2D eigenvalue weighted by Crippen LogP contribution is -2.13. The highest BCUT2D eigenvalue weighted by atomic mass is 14.8. The molecule has 0 saturated heterocycles. The summed E-state index contributed by atoms with van der Waals surface area (Å²) in [4.78, 5) is 4.20. The van der Waals surface area contributed by atoms with E-state index in [0.717, 1.165) is 12.1 Å². The van der Waals surface area contributed by atoms with Gasteiger partial charge < -0.3 is 5.73 Å². The van der Waals surface area contributed by atoms with Crippen LogP contribution in [0.15, 0.2) is 47.5 Å². The van der Waals surface area contributed by atoms with Crippen LogP contribution >= 0.6 is 0 Å². The fourth-order valence-corrected chi connectivity index (χ4v) is 1.61. The van der Waals surface area contributed by atoms with Gasteiger partial charge in [-0.3, -0.25) is 4.99 Å². The molecule has 2 aromatic rings. The zero-order chi connectivity index (χ0) is 12.7. The topological polar surface area (TPSA) is 38.4 Å². The number of nitrogens with two attached hydrogens (primary N) is 1. The van der Waals surface area contributed by atoms with Gasteiger partial charge >= 0.3 is 0 Å². The average molecular weight is 228 g/mol. The molecule has 0 bridgehead atoms. The molecule has 2 N–H and O–H groups in total. The predicted molar refractivity (Wildman–Crippen MR) is 76.6 cm³/mol. The Bertz CT molecular complexity index is 501. The van der Waals surface area contributed by atoms with Crippen molar-refractivity contribution in [1.82, 2.24) is 0 Å². The highest BCUT2D eigenvalue weighted by Gasteiger charge is 1.98. The highest BCUT2D eigenvalue weighted by Crippen LogP contribution is 2.15. The van der Waals surface area contributed by atoms with Gasteiger partial charge in [-0.15, -0.1) is 0 Å². The van der Waals surface area contributed by atoms with E-state index in [1.165, 1.54) is 10.8 Å². The lowest BCUT2D eigenvalue weighted by molar-refractivity contribution is 1.12. The largest absolute Gasteiger partial charge is 0.384 e. The van der Waals surface area contributed by atoms with E-state index < -0.39 is 0 Å². The summed E-state index contributed by atoms with van der Waals surface area (Å²) in [6, 6.07) is 14.4. The van der Waals surface area contributed by atoms with Crippen LogP contribution in [-0.2, 0) is 0 Å². The van der Waals surface area contributed by atoms with Gasteiger partial charge in [0.15, 0.2) is 0 Å². The molecule has 0 aromatic heterocycles. The molecule has 90 valence electrons. The summed E-state index contributed by atoms with van der Waals surface area (Å²) in [7, 11) is 0. The Morgan fingerprint density at radius 2 is 1.71 bits per heavy atom. The maximum absolute atomic E-state index is 5.85. The molecule has 2 rings (SSSR count). The zero-order valence-electron chi connectivity index (χ0n) is 10.8. The summed E-state index contributed by atoms with van der Waals surface area (Å²) < 4.78 is 0. The lowest BCUT2D eigenvalue weighted by Gasteiger charge is -2.02. The molecule has 0 heterocycles. The van der Waals surface area contributed by atoms with E-state index in [1.54, 1.807) is 0 Å². The summed E-state index contributed by atoms with van der Waals surface area (Å²) in [6.45, 7) is 6.70. The molecule has 0 spiro atoms. The van der Waals surface area contributed by atoms with Gasteiger partial charge in [-0.25, -0.2) is 0 Å². The Balaban J connectivity index is 0.000000686. The van der Waals surface area contributed by atoms with E-state index in [4.69, 9.17) is 5.73 Å². The number of fused-ring (bicyclic) bond motifs is 1. The number of amidine groups is 1. The molecular formula is C15H20N2. The Labute approximate surface area is 103 Å². The van der Waals surface area contributed by atoms with Crippen LogP contribution in [0.2, 0.25) is 0 Å². The minimum Gasteiger partial charge on any atom is -0.384 e. The molecule has 0 aliphatic carbocycles. The van der Waals surface area contributed by atoms with Crippen molar-refractivity contribution in [3.8, 4) is 0 Å². The molecule has 0 radical (unpaired) electrons. The number of hydrogen-bond acceptors (Lipinski definition) is 1. The first-order valence-corrected chi connectivity index (χ1v) is 6.10. The minimum absolute atomic E-state index is 0.614. The standard InChI is InChI=1S/C13H14N2.C2H6/c1-2-15-13(14)12-8-7-10-5-3-4-6-11(10)9-12;1-2/h3-9H,2H2,1H3,(H2,14,15);1-2H3. The Hall–Kier alpha value is -1.83. The summed E-state index contributed by atoms with van der Waals surface area (Å²) in [6.07, 6.45) is 0. The van der Waals surface area contributed by atoms with Crippen molar-refractivity contribution in [1.29, 1.82) is 0 Å². The van der Waals surface area contributed by atoms with E-state index in [9.17, 15) is 0 Å². The number of nitrogens with zero attached hydrogens (tertiary/aromatic N) is 1. The first kappa shape index (κ1) is 13.2. The van der Waals surface area contributed by atoms with Gasteiger partial charge in [-0.2, -0.15) is 0 Å². The fraction of sp³-hybridized carbons (Fsp3) is 0.267. The second-order valence-corrected chi connectivity index (χ2v) is 3.42. The quantitative estimate of drug-likeness (QED) is 0.619. The van der Waals surface area contributed by atoms with Gasteiger partial charge in [0.25, 0.3) is 0 Å². The van der Waals surface area contributed by atoms with Gasteiger partial charge in [0.2, 0.25) is 0 Å². The maximum Gasteiger partial charge on any atom is 0.125 e. The van der Waals surface area contributed by atoms with Gasteiger partial charge in [0.1, 0.15) is 5.84 Å². The number of rotatable bonds is 2. The Morgan fingerprint density at radius 1 is 1.06 bits per heavy atom. The summed E-state index contributed by atoms with van der Waals surface area (Å²) in [5, 5.41) is 2.43. The van der Waals surface area contributed by atoms with E-state index in [1.807, 2.05) is 39.0 Å². The first-order valence-electron chi connectivity index (χ1n) is 6.10. The van der Waals surface area contributed by atoms with E-state index >= 15 is 0 Å². The van der Waals surface area contributed by atoms with Crippen molar-refractivity contribution < 1.29 is 0 Å². The Morgan fingerprint density at radius 3 is 2.35 bits per heavy atom. The Kier molecular flexibility index (Phi) is 5.21. The third-order valence-electron chi connectivity index (χ3n) is 2.37. The predicted octanol–water partition coefficient (Wildman–Crippen LogP) is 3.59. The maximum atomic E-state index is 5.85. The SMILES string of the molecule is CC.CCN=C(N)c1ccc2ccccc2c1. The second-order valence-electron chi connectivity index (χ2n) is 3.42. The van der Waals surface area contributed by atoms with Crippen LogP contribution in [0.1, 0.15) is 26.3 Å². The third kappa shape index (κ3) is 3.31. The summed E-state index contributed by atoms with van der Waals surface area (Å²) in [5.74, 6) is 0.614. The molecule has 2 aromatic carbocycles. The van der Waals surface area contributed by atoms with Gasteiger partial charge in [-0.05, 0) is 23.8 Å². The van der Waals surface area contributed by atoms with E-state index in [-0.39, 0.29) is 0 Å². The molecule has 0 saturated carbocycles. The number of aliphatic imine (C=N–C) groups is 1. The van der Waals surface area contributed by atoms with Gasteiger partial charge in [0.05, 0.1) is 0 Å². The monoisotopic (exact) mass is 228 g/mol. The van der Waals surface area contributed by atoms with Crippen molar-refractivity contribution in [2.24, 2.45) is 10.7 Å². The van der Waals surface area contributed by atoms with Crippen LogP contribution in [0.4, 0.5) is 0 Å². The van der Waals surface area contributed by atoms with Crippen LogP contribution in [0.5, 0.6) is 0 Å². The van der Waals surface area contributed by atoms with Gasteiger partial charge in [0, 0.05) is 12.1 Å². The molecule has 0 fully saturated rings. The molecule has 0 atom stereocenters. The molecule has 0 amide bonds. The van der Waals surface area contributed by atoms with E-state index in [0.29, 0.717) is 5.84 Å². The lowest BCUT2D eigenvalue weighted by atomic mass is 10.1. The molecule has 2 nitrogen and oxygen atoms in total. The fourth-order valence-electron chi connectivity index (χ4n) is 1.61. The molecule has 0 unspecified atom stereocenters. The van der Waals surface area contributed by atoms with Crippen molar-refractivity contribution in [3.63, 3.8) is 0 Å². The third-order valence-corrected chi connectivity index (χ3v) is 2.37. The van der Waals surface area contributed by atoms with Crippen LogP contribution < -0.4 is 5.73 Å². The minimum atomic E-state index is 0.614.